The summed E-state index contributed by atoms with van der Waals surface area (Å²) in [5, 5.41) is 17.0. The summed E-state index contributed by atoms with van der Waals surface area (Å²) in [6.07, 6.45) is 3.48. The SMILES string of the molecule is CC1CCN(C(=O)Nc2ccccc2Cn2cncn2)CC1O. The van der Waals surface area contributed by atoms with Gasteiger partial charge in [0, 0.05) is 18.8 Å². The van der Waals surface area contributed by atoms with E-state index in [-0.39, 0.29) is 11.9 Å². The smallest absolute Gasteiger partial charge is 0.321 e. The number of hydrogen-bond acceptors (Lipinski definition) is 4. The molecule has 0 bridgehead atoms. The zero-order valence-corrected chi connectivity index (χ0v) is 13.1. The van der Waals surface area contributed by atoms with Crippen molar-refractivity contribution in [1.82, 2.24) is 19.7 Å². The lowest BCUT2D eigenvalue weighted by Gasteiger charge is -2.34. The molecule has 1 aliphatic heterocycles. The summed E-state index contributed by atoms with van der Waals surface area (Å²) in [5.74, 6) is 0.235. The molecule has 7 heteroatoms. The molecule has 0 radical (unpaired) electrons. The van der Waals surface area contributed by atoms with Crippen LogP contribution in [-0.2, 0) is 6.54 Å². The highest BCUT2D eigenvalue weighted by atomic mass is 16.3. The second kappa shape index (κ2) is 6.78. The van der Waals surface area contributed by atoms with Crippen LogP contribution in [0.2, 0.25) is 0 Å². The number of hydrogen-bond donors (Lipinski definition) is 2. The van der Waals surface area contributed by atoms with Crippen molar-refractivity contribution in [3.05, 3.63) is 42.5 Å². The minimum atomic E-state index is -0.458. The molecule has 2 amide bonds. The van der Waals surface area contributed by atoms with E-state index in [1.807, 2.05) is 31.2 Å². The largest absolute Gasteiger partial charge is 0.391 e. The predicted molar refractivity (Wildman–Crippen MR) is 85.9 cm³/mol. The molecule has 1 aromatic carbocycles. The number of carbonyl (C=O) groups excluding carboxylic acids is 1. The van der Waals surface area contributed by atoms with Crippen molar-refractivity contribution in [3.8, 4) is 0 Å². The summed E-state index contributed by atoms with van der Waals surface area (Å²) in [5.41, 5.74) is 1.71. The first-order valence-corrected chi connectivity index (χ1v) is 7.78. The van der Waals surface area contributed by atoms with E-state index in [1.165, 1.54) is 6.33 Å². The van der Waals surface area contributed by atoms with Gasteiger partial charge in [-0.25, -0.2) is 14.5 Å². The van der Waals surface area contributed by atoms with Crippen LogP contribution in [0.5, 0.6) is 0 Å². The van der Waals surface area contributed by atoms with Crippen LogP contribution >= 0.6 is 0 Å². The summed E-state index contributed by atoms with van der Waals surface area (Å²) in [6.45, 7) is 3.58. The average molecular weight is 315 g/mol. The maximum Gasteiger partial charge on any atom is 0.321 e. The molecule has 0 aliphatic carbocycles. The van der Waals surface area contributed by atoms with E-state index in [1.54, 1.807) is 15.9 Å². The normalized spacial score (nSPS) is 21.2. The molecule has 1 aliphatic rings. The van der Waals surface area contributed by atoms with E-state index in [9.17, 15) is 9.90 Å². The molecule has 122 valence electrons. The summed E-state index contributed by atoms with van der Waals surface area (Å²) in [6, 6.07) is 7.45. The molecule has 1 fully saturated rings. The number of anilines is 1. The lowest BCUT2D eigenvalue weighted by atomic mass is 9.96. The van der Waals surface area contributed by atoms with Crippen LogP contribution in [0.15, 0.2) is 36.9 Å². The Bertz CT molecular complexity index is 658. The number of aliphatic hydroxyl groups is 1. The fraction of sp³-hybridized carbons (Fsp3) is 0.438. The third-order valence-electron chi connectivity index (χ3n) is 4.26. The minimum Gasteiger partial charge on any atom is -0.391 e. The molecule has 23 heavy (non-hydrogen) atoms. The molecule has 0 saturated carbocycles. The van der Waals surface area contributed by atoms with Gasteiger partial charge in [-0.15, -0.1) is 0 Å². The Morgan fingerprint density at radius 2 is 2.26 bits per heavy atom. The maximum atomic E-state index is 12.4. The van der Waals surface area contributed by atoms with Gasteiger partial charge in [-0.1, -0.05) is 25.1 Å². The molecule has 1 saturated heterocycles. The number of aliphatic hydroxyl groups excluding tert-OH is 1. The molecule has 2 N–H and O–H groups in total. The lowest BCUT2D eigenvalue weighted by Crippen LogP contribution is -2.47. The number of para-hydroxylation sites is 1. The first kappa shape index (κ1) is 15.5. The van der Waals surface area contributed by atoms with Crippen LogP contribution in [0.4, 0.5) is 10.5 Å². The van der Waals surface area contributed by atoms with Gasteiger partial charge in [0.05, 0.1) is 12.6 Å². The Morgan fingerprint density at radius 3 is 3.00 bits per heavy atom. The number of likely N-dealkylation sites (tertiary alicyclic amines) is 1. The molecule has 1 aromatic heterocycles. The van der Waals surface area contributed by atoms with E-state index < -0.39 is 6.10 Å². The van der Waals surface area contributed by atoms with E-state index in [4.69, 9.17) is 0 Å². The third-order valence-corrected chi connectivity index (χ3v) is 4.26. The van der Waals surface area contributed by atoms with Crippen molar-refractivity contribution < 1.29 is 9.90 Å². The molecule has 2 atom stereocenters. The van der Waals surface area contributed by atoms with Crippen LogP contribution in [0.3, 0.4) is 0 Å². The first-order valence-electron chi connectivity index (χ1n) is 7.78. The van der Waals surface area contributed by atoms with Gasteiger partial charge < -0.3 is 15.3 Å². The van der Waals surface area contributed by atoms with Crippen LogP contribution in [0.1, 0.15) is 18.9 Å². The molecular formula is C16H21N5O2. The Hall–Kier alpha value is -2.41. The van der Waals surface area contributed by atoms with Crippen molar-refractivity contribution >= 4 is 11.7 Å². The lowest BCUT2D eigenvalue weighted by molar-refractivity contribution is 0.0463. The van der Waals surface area contributed by atoms with Gasteiger partial charge in [-0.05, 0) is 24.0 Å². The van der Waals surface area contributed by atoms with Crippen molar-refractivity contribution in [1.29, 1.82) is 0 Å². The predicted octanol–water partition coefficient (Wildman–Crippen LogP) is 1.56. The number of benzene rings is 1. The first-order chi connectivity index (χ1) is 11.1. The minimum absolute atomic E-state index is 0.179. The van der Waals surface area contributed by atoms with Crippen molar-refractivity contribution in [2.75, 3.05) is 18.4 Å². The van der Waals surface area contributed by atoms with Crippen molar-refractivity contribution in [2.45, 2.75) is 26.0 Å². The molecule has 7 nitrogen and oxygen atoms in total. The van der Waals surface area contributed by atoms with Gasteiger partial charge in [-0.3, -0.25) is 0 Å². The number of rotatable bonds is 3. The van der Waals surface area contributed by atoms with E-state index >= 15 is 0 Å². The summed E-state index contributed by atoms with van der Waals surface area (Å²) in [4.78, 5) is 18.0. The monoisotopic (exact) mass is 315 g/mol. The Balaban J connectivity index is 1.69. The zero-order valence-electron chi connectivity index (χ0n) is 13.1. The molecular weight excluding hydrogens is 294 g/mol. The second-order valence-corrected chi connectivity index (χ2v) is 5.96. The Morgan fingerprint density at radius 1 is 1.43 bits per heavy atom. The fourth-order valence-corrected chi connectivity index (χ4v) is 2.70. The number of piperidine rings is 1. The van der Waals surface area contributed by atoms with E-state index in [2.05, 4.69) is 15.4 Å². The summed E-state index contributed by atoms with van der Waals surface area (Å²) >= 11 is 0. The number of nitrogens with zero attached hydrogens (tertiary/aromatic N) is 4. The Labute approximate surface area is 134 Å². The third kappa shape index (κ3) is 3.68. The number of urea groups is 1. The average Bonchev–Trinajstić information content (AvgIpc) is 3.05. The van der Waals surface area contributed by atoms with E-state index in [0.717, 1.165) is 17.7 Å². The van der Waals surface area contributed by atoms with Gasteiger partial charge in [0.1, 0.15) is 12.7 Å². The standard InChI is InChI=1S/C16H21N5O2/c1-12-6-7-20(9-15(12)22)16(23)19-14-5-3-2-4-13(14)8-21-11-17-10-18-21/h2-5,10-12,15,22H,6-9H2,1H3,(H,19,23). The van der Waals surface area contributed by atoms with Gasteiger partial charge in [-0.2, -0.15) is 5.10 Å². The summed E-state index contributed by atoms with van der Waals surface area (Å²) in [7, 11) is 0. The van der Waals surface area contributed by atoms with Gasteiger partial charge in [0.15, 0.2) is 0 Å². The van der Waals surface area contributed by atoms with Gasteiger partial charge >= 0.3 is 6.03 Å². The number of β-amino-alcohol motifs (C(OH)–C–C–N with tert-alkyl or cyclic N) is 1. The maximum absolute atomic E-state index is 12.4. The Kier molecular flexibility index (Phi) is 4.57. The van der Waals surface area contributed by atoms with E-state index in [0.29, 0.717) is 19.6 Å². The highest BCUT2D eigenvalue weighted by molar-refractivity contribution is 5.90. The van der Waals surface area contributed by atoms with Gasteiger partial charge in [0.25, 0.3) is 0 Å². The molecule has 2 aromatic rings. The highest BCUT2D eigenvalue weighted by Gasteiger charge is 2.27. The number of aromatic nitrogens is 3. The number of carbonyl (C=O) groups is 1. The van der Waals surface area contributed by atoms with Crippen LogP contribution < -0.4 is 5.32 Å². The number of nitrogens with one attached hydrogen (secondary N) is 1. The fourth-order valence-electron chi connectivity index (χ4n) is 2.70. The molecule has 2 heterocycles. The quantitative estimate of drug-likeness (QED) is 0.900. The summed E-state index contributed by atoms with van der Waals surface area (Å²) < 4.78 is 1.71. The van der Waals surface area contributed by atoms with Gasteiger partial charge in [0.2, 0.25) is 0 Å². The van der Waals surface area contributed by atoms with Crippen molar-refractivity contribution in [2.24, 2.45) is 5.92 Å². The molecule has 2 unspecified atom stereocenters. The number of amides is 2. The van der Waals surface area contributed by atoms with Crippen LogP contribution in [0, 0.1) is 5.92 Å². The topological polar surface area (TPSA) is 83.3 Å². The highest BCUT2D eigenvalue weighted by Crippen LogP contribution is 2.20. The van der Waals surface area contributed by atoms with Crippen LogP contribution in [-0.4, -0.2) is 50.0 Å². The molecule has 0 spiro atoms. The van der Waals surface area contributed by atoms with Crippen LogP contribution in [0.25, 0.3) is 0 Å². The second-order valence-electron chi connectivity index (χ2n) is 5.96. The van der Waals surface area contributed by atoms with Crippen molar-refractivity contribution in [3.63, 3.8) is 0 Å². The zero-order chi connectivity index (χ0) is 16.2. The molecule has 3 rings (SSSR count).